The molecule has 1 aliphatic rings. The van der Waals surface area contributed by atoms with Gasteiger partial charge in [-0.1, -0.05) is 224 Å². The van der Waals surface area contributed by atoms with E-state index in [1.165, 1.54) is 127 Å². The highest BCUT2D eigenvalue weighted by molar-refractivity contribution is 6.89. The van der Waals surface area contributed by atoms with Gasteiger partial charge in [-0.25, -0.2) is 0 Å². The SMILES string of the molecule is c1ccc(-c2cc(-c3ccccc3)c3c(c2)c2cc(-c4ccccc4)cc(-c4ccccc4)c2n3B2c3ccccc3-n3c4cc(-c5ccccc5)ccc4c4ccc(-c5ccccc5)c2c43)cc1. The normalized spacial score (nSPS) is 12.0. The van der Waals surface area contributed by atoms with Gasteiger partial charge in [0.05, 0.1) is 11.0 Å². The number of nitrogens with zero attached hydrogens (tertiary/aromatic N) is 2. The number of hydrogen-bond donors (Lipinski definition) is 0. The molecule has 0 saturated heterocycles. The van der Waals surface area contributed by atoms with Crippen molar-refractivity contribution >= 4 is 61.4 Å². The minimum atomic E-state index is -0.236. The van der Waals surface area contributed by atoms with Crippen molar-refractivity contribution in [1.82, 2.24) is 9.05 Å². The first kappa shape index (κ1) is 39.3. The molecule has 2 aromatic heterocycles. The number of hydrogen-bond acceptors (Lipinski definition) is 0. The van der Waals surface area contributed by atoms with Crippen molar-refractivity contribution in [1.29, 1.82) is 0 Å². The molecule has 1 aliphatic heterocycles. The number of fused-ring (bicyclic) bond motifs is 8. The maximum absolute atomic E-state index is 2.76. The van der Waals surface area contributed by atoms with Crippen LogP contribution in [0.2, 0.25) is 0 Å². The number of benzene rings is 11. The zero-order valence-electron chi connectivity index (χ0n) is 37.8. The number of aromatic nitrogens is 2. The molecule has 13 aromatic rings. The standard InChI is InChI=1S/C66H43BN2/c1-7-21-44(22-8-1)50-35-36-54-55-38-37-53(47-27-13-4-14-28-47)63-66(55)68(62(54)43-50)61-34-20-19-33-60(61)67(63)69-64-56(48-29-15-5-16-30-48)39-51(45-23-9-2-10-24-45)41-58(64)59-42-52(46-25-11-3-12-26-46)40-57(65(59)69)49-31-17-6-18-32-49/h1-43H. The van der Waals surface area contributed by atoms with Crippen molar-refractivity contribution in [3.8, 4) is 72.4 Å². The van der Waals surface area contributed by atoms with Crippen LogP contribution in [0.15, 0.2) is 261 Å². The molecule has 0 N–H and O–H groups in total. The van der Waals surface area contributed by atoms with E-state index in [1.54, 1.807) is 0 Å². The van der Waals surface area contributed by atoms with Crippen molar-refractivity contribution in [2.24, 2.45) is 0 Å². The molecule has 0 radical (unpaired) electrons. The van der Waals surface area contributed by atoms with E-state index in [-0.39, 0.29) is 6.85 Å². The Kier molecular flexibility index (Phi) is 9.03. The highest BCUT2D eigenvalue weighted by Gasteiger charge is 2.39. The summed E-state index contributed by atoms with van der Waals surface area (Å²) in [7, 11) is 0. The molecule has 0 unspecified atom stereocenters. The van der Waals surface area contributed by atoms with Gasteiger partial charge in [0.2, 0.25) is 0 Å². The average Bonchev–Trinajstić information content (AvgIpc) is 3.95. The molecule has 0 aliphatic carbocycles. The number of para-hydroxylation sites is 1. The van der Waals surface area contributed by atoms with E-state index in [4.69, 9.17) is 0 Å². The Balaban J connectivity index is 1.21. The largest absolute Gasteiger partial charge is 0.375 e. The Bertz CT molecular complexity index is 3940. The molecular weight excluding hydrogens is 832 g/mol. The smallest absolute Gasteiger partial charge is 0.333 e. The van der Waals surface area contributed by atoms with Crippen molar-refractivity contribution in [3.05, 3.63) is 261 Å². The first-order valence-corrected chi connectivity index (χ1v) is 24.0. The van der Waals surface area contributed by atoms with Gasteiger partial charge in [0, 0.05) is 49.4 Å². The Morgan fingerprint density at radius 1 is 0.261 bits per heavy atom. The van der Waals surface area contributed by atoms with Crippen LogP contribution in [0.25, 0.3) is 116 Å². The fourth-order valence-electron chi connectivity index (χ4n) is 11.5. The average molecular weight is 875 g/mol. The number of rotatable bonds is 7. The van der Waals surface area contributed by atoms with Crippen LogP contribution in [0.5, 0.6) is 0 Å². The fraction of sp³-hybridized carbons (Fsp3) is 0. The maximum atomic E-state index is 2.76. The molecule has 0 atom stereocenters. The van der Waals surface area contributed by atoms with E-state index in [9.17, 15) is 0 Å². The van der Waals surface area contributed by atoms with E-state index in [0.29, 0.717) is 0 Å². The monoisotopic (exact) mass is 874 g/mol. The van der Waals surface area contributed by atoms with E-state index in [0.717, 1.165) is 0 Å². The van der Waals surface area contributed by atoms with Gasteiger partial charge in [0.15, 0.2) is 0 Å². The van der Waals surface area contributed by atoms with E-state index < -0.39 is 0 Å². The van der Waals surface area contributed by atoms with Crippen molar-refractivity contribution in [3.63, 3.8) is 0 Å². The minimum absolute atomic E-state index is 0.236. The molecule has 0 fully saturated rings. The predicted molar refractivity (Wildman–Crippen MR) is 293 cm³/mol. The fourth-order valence-corrected chi connectivity index (χ4v) is 11.5. The third kappa shape index (κ3) is 6.21. The van der Waals surface area contributed by atoms with Crippen LogP contribution in [0.3, 0.4) is 0 Å². The molecule has 0 saturated carbocycles. The summed E-state index contributed by atoms with van der Waals surface area (Å²) in [6.45, 7) is -0.236. The summed E-state index contributed by atoms with van der Waals surface area (Å²) >= 11 is 0. The highest BCUT2D eigenvalue weighted by atomic mass is 15.0. The molecule has 3 heteroatoms. The maximum Gasteiger partial charge on any atom is 0.333 e. The Morgan fingerprint density at radius 2 is 0.681 bits per heavy atom. The van der Waals surface area contributed by atoms with Gasteiger partial charge in [-0.05, 0) is 103 Å². The lowest BCUT2D eigenvalue weighted by Gasteiger charge is -2.31. The molecule has 2 nitrogen and oxygen atoms in total. The highest BCUT2D eigenvalue weighted by Crippen LogP contribution is 2.46. The van der Waals surface area contributed by atoms with Gasteiger partial charge in [-0.2, -0.15) is 0 Å². The lowest BCUT2D eigenvalue weighted by atomic mass is 9.46. The summed E-state index contributed by atoms with van der Waals surface area (Å²) in [4.78, 5) is 0. The van der Waals surface area contributed by atoms with Crippen LogP contribution in [-0.2, 0) is 0 Å². The molecule has 320 valence electrons. The first-order valence-electron chi connectivity index (χ1n) is 24.0. The Morgan fingerprint density at radius 3 is 1.19 bits per heavy atom. The molecule has 11 aromatic carbocycles. The molecule has 0 spiro atoms. The van der Waals surface area contributed by atoms with Crippen LogP contribution >= 0.6 is 0 Å². The van der Waals surface area contributed by atoms with Crippen LogP contribution in [0.4, 0.5) is 0 Å². The summed E-state index contributed by atoms with van der Waals surface area (Å²) in [5.74, 6) is 0. The predicted octanol–water partition coefficient (Wildman–Crippen LogP) is 15.9. The molecule has 69 heavy (non-hydrogen) atoms. The first-order chi connectivity index (χ1) is 34.3. The Hall–Kier alpha value is -8.92. The zero-order valence-corrected chi connectivity index (χ0v) is 37.8. The second kappa shape index (κ2) is 15.9. The van der Waals surface area contributed by atoms with Crippen molar-refractivity contribution in [2.75, 3.05) is 0 Å². The van der Waals surface area contributed by atoms with Gasteiger partial charge >= 0.3 is 6.85 Å². The summed E-state index contributed by atoms with van der Waals surface area (Å²) in [5.41, 5.74) is 23.0. The van der Waals surface area contributed by atoms with Crippen LogP contribution < -0.4 is 10.9 Å². The van der Waals surface area contributed by atoms with Gasteiger partial charge in [0.1, 0.15) is 0 Å². The third-order valence-electron chi connectivity index (χ3n) is 14.5. The van der Waals surface area contributed by atoms with E-state index in [2.05, 4.69) is 270 Å². The molecule has 3 heterocycles. The lowest BCUT2D eigenvalue weighted by molar-refractivity contribution is 1.18. The molecular formula is C66H43BN2. The second-order valence-electron chi connectivity index (χ2n) is 18.4. The zero-order chi connectivity index (χ0) is 45.4. The quantitative estimate of drug-likeness (QED) is 0.141. The second-order valence-corrected chi connectivity index (χ2v) is 18.4. The molecule has 14 rings (SSSR count). The molecule has 0 bridgehead atoms. The third-order valence-corrected chi connectivity index (χ3v) is 14.5. The van der Waals surface area contributed by atoms with E-state index in [1.807, 2.05) is 0 Å². The topological polar surface area (TPSA) is 9.86 Å². The summed E-state index contributed by atoms with van der Waals surface area (Å²) in [6.07, 6.45) is 0. The van der Waals surface area contributed by atoms with Crippen molar-refractivity contribution < 1.29 is 0 Å². The van der Waals surface area contributed by atoms with Gasteiger partial charge < -0.3 is 9.05 Å². The lowest BCUT2D eigenvalue weighted by Crippen LogP contribution is -2.54. The van der Waals surface area contributed by atoms with Gasteiger partial charge in [-0.3, -0.25) is 0 Å². The van der Waals surface area contributed by atoms with Crippen LogP contribution in [0.1, 0.15) is 0 Å². The van der Waals surface area contributed by atoms with Crippen LogP contribution in [-0.4, -0.2) is 15.9 Å². The summed E-state index contributed by atoms with van der Waals surface area (Å²) in [6, 6.07) is 96.6. The van der Waals surface area contributed by atoms with Crippen molar-refractivity contribution in [2.45, 2.75) is 0 Å². The summed E-state index contributed by atoms with van der Waals surface area (Å²) in [5, 5.41) is 4.96. The molecule has 0 amide bonds. The van der Waals surface area contributed by atoms with E-state index >= 15 is 0 Å². The van der Waals surface area contributed by atoms with Gasteiger partial charge in [0.25, 0.3) is 0 Å². The van der Waals surface area contributed by atoms with Crippen LogP contribution in [0, 0.1) is 0 Å². The van der Waals surface area contributed by atoms with Gasteiger partial charge in [-0.15, -0.1) is 0 Å². The minimum Gasteiger partial charge on any atom is -0.375 e. The summed E-state index contributed by atoms with van der Waals surface area (Å²) < 4.78 is 5.34. The Labute approximate surface area is 401 Å².